The van der Waals surface area contributed by atoms with Gasteiger partial charge in [-0.2, -0.15) is 0 Å². The van der Waals surface area contributed by atoms with Gasteiger partial charge in [-0.15, -0.1) is 0 Å². The molecule has 42 heavy (non-hydrogen) atoms. The first-order valence-electron chi connectivity index (χ1n) is 14.1. The maximum atomic E-state index is 13.7. The van der Waals surface area contributed by atoms with Gasteiger partial charge in [0.2, 0.25) is 5.91 Å². The van der Waals surface area contributed by atoms with E-state index in [-0.39, 0.29) is 42.2 Å². The van der Waals surface area contributed by atoms with Crippen LogP contribution in [0.2, 0.25) is 0 Å². The molecule has 2 aliphatic heterocycles. The molecule has 2 aliphatic rings. The molecular formula is C31H32FN5O5. The first-order valence-corrected chi connectivity index (χ1v) is 14.1. The van der Waals surface area contributed by atoms with Crippen LogP contribution < -0.4 is 5.56 Å². The number of carboxylic acid groups (broad SMARTS) is 1. The topological polar surface area (TPSA) is 121 Å². The van der Waals surface area contributed by atoms with Gasteiger partial charge in [-0.25, -0.2) is 14.2 Å². The van der Waals surface area contributed by atoms with E-state index in [9.17, 15) is 29.0 Å². The van der Waals surface area contributed by atoms with E-state index in [1.807, 2.05) is 30.3 Å². The highest BCUT2D eigenvalue weighted by molar-refractivity contribution is 5.81. The van der Waals surface area contributed by atoms with Gasteiger partial charge in [0.25, 0.3) is 5.56 Å². The van der Waals surface area contributed by atoms with Crippen LogP contribution in [0.25, 0.3) is 16.7 Å². The number of aliphatic hydroxyl groups is 1. The lowest BCUT2D eigenvalue weighted by Crippen LogP contribution is -2.53. The summed E-state index contributed by atoms with van der Waals surface area (Å²) in [5.74, 6) is -0.985. The van der Waals surface area contributed by atoms with Gasteiger partial charge < -0.3 is 24.6 Å². The Balaban J connectivity index is 1.15. The van der Waals surface area contributed by atoms with Crippen LogP contribution in [0.4, 0.5) is 9.18 Å². The second-order valence-electron chi connectivity index (χ2n) is 11.3. The summed E-state index contributed by atoms with van der Waals surface area (Å²) in [6.45, 7) is 1.27. The number of carbonyl (C=O) groups excluding carboxylic acids is 1. The molecule has 2 N–H and O–H groups in total. The number of carbonyl (C=O) groups is 2. The molecule has 0 radical (unpaired) electrons. The van der Waals surface area contributed by atoms with E-state index < -0.39 is 11.7 Å². The molecule has 0 aliphatic carbocycles. The SMILES string of the molecule is O=C(O)N1CC[C@@H](C(=O)N2CCC(O)(Cn3cnc4c(ccn4-c4ccc(F)cc4)c3=O)CC2)[C@H](c2ccccc2)C1. The highest BCUT2D eigenvalue weighted by Crippen LogP contribution is 2.35. The van der Waals surface area contributed by atoms with Gasteiger partial charge in [0, 0.05) is 49.9 Å². The Morgan fingerprint density at radius 3 is 2.38 bits per heavy atom. The van der Waals surface area contributed by atoms with Crippen LogP contribution in [0.5, 0.6) is 0 Å². The minimum atomic E-state index is -1.19. The summed E-state index contributed by atoms with van der Waals surface area (Å²) in [6.07, 6.45) is 3.16. The fourth-order valence-electron chi connectivity index (χ4n) is 6.29. The normalized spacial score (nSPS) is 20.5. The summed E-state index contributed by atoms with van der Waals surface area (Å²) in [4.78, 5) is 46.3. The van der Waals surface area contributed by atoms with Crippen molar-refractivity contribution >= 4 is 23.0 Å². The van der Waals surface area contributed by atoms with Gasteiger partial charge in [-0.1, -0.05) is 30.3 Å². The van der Waals surface area contributed by atoms with Gasteiger partial charge in [-0.05, 0) is 55.2 Å². The van der Waals surface area contributed by atoms with Gasteiger partial charge in [-0.3, -0.25) is 14.2 Å². The van der Waals surface area contributed by atoms with E-state index in [2.05, 4.69) is 4.98 Å². The highest BCUT2D eigenvalue weighted by Gasteiger charge is 2.41. The minimum Gasteiger partial charge on any atom is -0.465 e. The lowest BCUT2D eigenvalue weighted by molar-refractivity contribution is -0.142. The average molecular weight is 574 g/mol. The van der Waals surface area contributed by atoms with Crippen LogP contribution >= 0.6 is 0 Å². The van der Waals surface area contributed by atoms with Crippen molar-refractivity contribution in [1.82, 2.24) is 23.9 Å². The number of piperidine rings is 2. The number of fused-ring (bicyclic) bond motifs is 1. The number of benzene rings is 2. The first-order chi connectivity index (χ1) is 20.2. The summed E-state index contributed by atoms with van der Waals surface area (Å²) in [7, 11) is 0. The maximum absolute atomic E-state index is 13.7. The second-order valence-corrected chi connectivity index (χ2v) is 11.3. The predicted octanol–water partition coefficient (Wildman–Crippen LogP) is 3.46. The van der Waals surface area contributed by atoms with Crippen molar-refractivity contribution in [3.8, 4) is 5.69 Å². The molecule has 2 amide bonds. The van der Waals surface area contributed by atoms with Crippen molar-refractivity contribution in [3.63, 3.8) is 0 Å². The number of hydrogen-bond acceptors (Lipinski definition) is 5. The van der Waals surface area contributed by atoms with Crippen molar-refractivity contribution in [2.24, 2.45) is 5.92 Å². The smallest absolute Gasteiger partial charge is 0.407 e. The fraction of sp³-hybridized carbons (Fsp3) is 0.355. The number of nitrogens with zero attached hydrogens (tertiary/aromatic N) is 5. The largest absolute Gasteiger partial charge is 0.465 e. The third kappa shape index (κ3) is 5.27. The van der Waals surface area contributed by atoms with Gasteiger partial charge in [0.15, 0.2) is 5.65 Å². The molecule has 0 unspecified atom stereocenters. The Morgan fingerprint density at radius 1 is 0.976 bits per heavy atom. The molecule has 10 nitrogen and oxygen atoms in total. The molecule has 4 aromatic rings. The molecule has 2 aromatic carbocycles. The summed E-state index contributed by atoms with van der Waals surface area (Å²) < 4.78 is 16.5. The van der Waals surface area contributed by atoms with Gasteiger partial charge >= 0.3 is 6.09 Å². The molecule has 0 saturated carbocycles. The zero-order chi connectivity index (χ0) is 29.4. The van der Waals surface area contributed by atoms with Crippen molar-refractivity contribution in [3.05, 3.63) is 94.9 Å². The molecule has 2 fully saturated rings. The number of aromatic nitrogens is 3. The van der Waals surface area contributed by atoms with Crippen LogP contribution in [0.15, 0.2) is 78.0 Å². The molecule has 4 heterocycles. The number of halogens is 1. The van der Waals surface area contributed by atoms with E-state index in [1.54, 1.807) is 33.9 Å². The number of amides is 2. The summed E-state index contributed by atoms with van der Waals surface area (Å²) in [5, 5.41) is 21.4. The summed E-state index contributed by atoms with van der Waals surface area (Å²) in [5.41, 5.74) is 0.572. The molecule has 218 valence electrons. The first kappa shape index (κ1) is 27.6. The molecule has 0 spiro atoms. The van der Waals surface area contributed by atoms with Crippen molar-refractivity contribution in [2.75, 3.05) is 26.2 Å². The van der Waals surface area contributed by atoms with E-state index in [1.165, 1.54) is 27.9 Å². The van der Waals surface area contributed by atoms with Crippen LogP contribution in [-0.2, 0) is 11.3 Å². The van der Waals surface area contributed by atoms with Crippen LogP contribution in [0.3, 0.4) is 0 Å². The Hall–Kier alpha value is -4.51. The lowest BCUT2D eigenvalue weighted by atomic mass is 9.79. The monoisotopic (exact) mass is 573 g/mol. The fourth-order valence-corrected chi connectivity index (χ4v) is 6.29. The second kappa shape index (κ2) is 11.1. The Kier molecular flexibility index (Phi) is 7.28. The summed E-state index contributed by atoms with van der Waals surface area (Å²) in [6, 6.07) is 17.1. The van der Waals surface area contributed by atoms with E-state index in [4.69, 9.17) is 0 Å². The molecule has 11 heteroatoms. The van der Waals surface area contributed by atoms with Crippen LogP contribution in [0, 0.1) is 11.7 Å². The highest BCUT2D eigenvalue weighted by atomic mass is 19.1. The van der Waals surface area contributed by atoms with E-state index in [0.29, 0.717) is 55.6 Å². The molecule has 6 rings (SSSR count). The molecule has 2 saturated heterocycles. The summed E-state index contributed by atoms with van der Waals surface area (Å²) >= 11 is 0. The van der Waals surface area contributed by atoms with E-state index in [0.717, 1.165) is 5.56 Å². The lowest BCUT2D eigenvalue weighted by Gasteiger charge is -2.42. The van der Waals surface area contributed by atoms with Crippen LogP contribution in [0.1, 0.15) is 30.7 Å². The minimum absolute atomic E-state index is 0.0293. The van der Waals surface area contributed by atoms with Crippen molar-refractivity contribution in [2.45, 2.75) is 37.3 Å². The molecule has 0 bridgehead atoms. The standard InChI is InChI=1S/C31H32FN5O5/c32-22-6-8-23(9-7-22)37-15-11-25-27(37)33-20-36(29(25)39)19-31(42)12-16-34(17-13-31)28(38)24-10-14-35(30(40)41)18-26(24)21-4-2-1-3-5-21/h1-9,11,15,20,24,26,42H,10,12-14,16-19H2,(H,40,41)/t24-,26+/m1/s1. The van der Waals surface area contributed by atoms with Gasteiger partial charge in [0.05, 0.1) is 17.5 Å². The Bertz CT molecular complexity index is 1660. The van der Waals surface area contributed by atoms with Crippen molar-refractivity contribution in [1.29, 1.82) is 0 Å². The quantitative estimate of drug-likeness (QED) is 0.377. The van der Waals surface area contributed by atoms with E-state index >= 15 is 0 Å². The number of rotatable bonds is 5. The predicted molar refractivity (Wildman–Crippen MR) is 153 cm³/mol. The molecule has 2 aromatic heterocycles. The third-order valence-electron chi connectivity index (χ3n) is 8.67. The zero-order valence-corrected chi connectivity index (χ0v) is 23.0. The molecule has 2 atom stereocenters. The number of hydrogen-bond donors (Lipinski definition) is 2. The Morgan fingerprint density at radius 2 is 1.69 bits per heavy atom. The van der Waals surface area contributed by atoms with Crippen molar-refractivity contribution < 1.29 is 24.2 Å². The maximum Gasteiger partial charge on any atom is 0.407 e. The average Bonchev–Trinajstić information content (AvgIpc) is 3.44. The van der Waals surface area contributed by atoms with Crippen LogP contribution in [-0.4, -0.2) is 77.9 Å². The zero-order valence-electron chi connectivity index (χ0n) is 23.0. The Labute approximate surface area is 241 Å². The third-order valence-corrected chi connectivity index (χ3v) is 8.67. The van der Waals surface area contributed by atoms with Gasteiger partial charge in [0.1, 0.15) is 12.1 Å². The molecular weight excluding hydrogens is 541 g/mol. The number of likely N-dealkylation sites (tertiary alicyclic amines) is 2.